The Labute approximate surface area is 168 Å². The molecule has 0 saturated heterocycles. The molecule has 0 amide bonds. The Kier molecular flexibility index (Phi) is 7.76. The number of ether oxygens (including phenoxy) is 2. The Hall–Kier alpha value is -2.44. The molecule has 0 spiro atoms. The van der Waals surface area contributed by atoms with Crippen LogP contribution in [0.5, 0.6) is 11.5 Å². The van der Waals surface area contributed by atoms with Gasteiger partial charge in [-0.15, -0.1) is 0 Å². The highest BCUT2D eigenvalue weighted by Gasteiger charge is 2.08. The highest BCUT2D eigenvalue weighted by Crippen LogP contribution is 2.26. The van der Waals surface area contributed by atoms with E-state index < -0.39 is 0 Å². The van der Waals surface area contributed by atoms with Crippen molar-refractivity contribution in [1.29, 1.82) is 0 Å². The fourth-order valence-electron chi connectivity index (χ4n) is 2.34. The van der Waals surface area contributed by atoms with E-state index in [0.29, 0.717) is 45.9 Å². The number of hydrogen-bond acceptors (Lipinski definition) is 2. The lowest BCUT2D eigenvalue weighted by molar-refractivity contribution is -0.115. The standard InChI is InChI=1S/C19H22Cl2N4O2/c20-14-10-12(18(22)23)4-6-16(14)26-8-2-1-3-9-27-17-7-5-13(19(24)25)11-15(17)21/h4-7,10-11H,1-3,8-9H2,(H3,22,23)(H3,24,25)/p+2. The summed E-state index contributed by atoms with van der Waals surface area (Å²) in [4.78, 5) is 0. The van der Waals surface area contributed by atoms with Gasteiger partial charge in [-0.2, -0.15) is 0 Å². The van der Waals surface area contributed by atoms with Crippen molar-refractivity contribution in [3.63, 3.8) is 0 Å². The molecule has 0 aliphatic heterocycles. The molecule has 2 aromatic rings. The monoisotopic (exact) mass is 410 g/mol. The first kappa shape index (κ1) is 20.9. The quantitative estimate of drug-likeness (QED) is 0.259. The van der Waals surface area contributed by atoms with E-state index >= 15 is 0 Å². The van der Waals surface area contributed by atoms with Crippen molar-refractivity contribution in [2.24, 2.45) is 11.5 Å². The van der Waals surface area contributed by atoms with Crippen LogP contribution in [0, 0.1) is 0 Å². The lowest BCUT2D eigenvalue weighted by Gasteiger charge is -2.10. The molecule has 0 aliphatic carbocycles. The summed E-state index contributed by atoms with van der Waals surface area (Å²) < 4.78 is 11.4. The first-order valence-corrected chi connectivity index (χ1v) is 9.25. The zero-order valence-electron chi connectivity index (χ0n) is 14.9. The van der Waals surface area contributed by atoms with Gasteiger partial charge < -0.3 is 9.47 Å². The molecule has 8 heteroatoms. The van der Waals surface area contributed by atoms with Crippen LogP contribution in [0.2, 0.25) is 10.0 Å². The summed E-state index contributed by atoms with van der Waals surface area (Å²) in [6.07, 6.45) is 2.69. The highest BCUT2D eigenvalue weighted by atomic mass is 35.5. The van der Waals surface area contributed by atoms with Crippen LogP contribution >= 0.6 is 23.2 Å². The van der Waals surface area contributed by atoms with Crippen molar-refractivity contribution in [2.75, 3.05) is 13.2 Å². The van der Waals surface area contributed by atoms with Crippen molar-refractivity contribution in [3.8, 4) is 11.5 Å². The van der Waals surface area contributed by atoms with E-state index in [1.807, 2.05) is 0 Å². The second-order valence-corrected chi connectivity index (χ2v) is 6.77. The summed E-state index contributed by atoms with van der Waals surface area (Å²) in [6, 6.07) is 10.4. The number of hydrogen-bond donors (Lipinski definition) is 4. The van der Waals surface area contributed by atoms with Crippen LogP contribution in [0.3, 0.4) is 0 Å². The van der Waals surface area contributed by atoms with Crippen molar-refractivity contribution >= 4 is 34.9 Å². The van der Waals surface area contributed by atoms with Crippen molar-refractivity contribution in [3.05, 3.63) is 57.6 Å². The molecule has 2 aromatic carbocycles. The Balaban J connectivity index is 1.67. The third-order valence-corrected chi connectivity index (χ3v) is 4.42. The molecule has 0 aromatic heterocycles. The number of rotatable bonds is 10. The van der Waals surface area contributed by atoms with E-state index in [1.165, 1.54) is 0 Å². The van der Waals surface area contributed by atoms with Crippen molar-refractivity contribution in [2.45, 2.75) is 19.3 Å². The molecule has 0 fully saturated rings. The van der Waals surface area contributed by atoms with E-state index in [2.05, 4.69) is 0 Å². The molecular formula is C19H24Cl2N4O2+2. The molecule has 0 bridgehead atoms. The van der Waals surface area contributed by atoms with E-state index in [4.69, 9.17) is 55.0 Å². The van der Waals surface area contributed by atoms with Gasteiger partial charge in [-0.05, 0) is 55.7 Å². The van der Waals surface area contributed by atoms with Crippen molar-refractivity contribution in [1.82, 2.24) is 0 Å². The van der Waals surface area contributed by atoms with Crippen LogP contribution in [-0.2, 0) is 0 Å². The topological polar surface area (TPSA) is 122 Å². The molecule has 144 valence electrons. The van der Waals surface area contributed by atoms with E-state index in [-0.39, 0.29) is 11.7 Å². The van der Waals surface area contributed by atoms with E-state index in [9.17, 15) is 0 Å². The van der Waals surface area contributed by atoms with Gasteiger partial charge in [0.15, 0.2) is 0 Å². The second kappa shape index (κ2) is 10.0. The minimum absolute atomic E-state index is 0.225. The molecular weight excluding hydrogens is 387 g/mol. The molecule has 0 atom stereocenters. The van der Waals surface area contributed by atoms with E-state index in [0.717, 1.165) is 19.3 Å². The van der Waals surface area contributed by atoms with Gasteiger partial charge in [0.1, 0.15) is 11.5 Å². The summed E-state index contributed by atoms with van der Waals surface area (Å²) in [5.41, 5.74) is 12.4. The minimum atomic E-state index is 0.225. The smallest absolute Gasteiger partial charge is 0.270 e. The maximum absolute atomic E-state index is 6.15. The Morgan fingerprint density at radius 1 is 0.741 bits per heavy atom. The average molecular weight is 411 g/mol. The van der Waals surface area contributed by atoms with Crippen LogP contribution in [0.15, 0.2) is 36.4 Å². The van der Waals surface area contributed by atoms with Crippen LogP contribution in [0.4, 0.5) is 0 Å². The third kappa shape index (κ3) is 6.34. The number of benzene rings is 2. The molecule has 0 unspecified atom stereocenters. The molecule has 0 saturated carbocycles. The number of nitrogens with two attached hydrogens (primary N) is 4. The predicted octanol–water partition coefficient (Wildman–Crippen LogP) is 0.550. The molecule has 8 N–H and O–H groups in total. The predicted molar refractivity (Wildman–Crippen MR) is 108 cm³/mol. The molecule has 0 aliphatic rings. The van der Waals surface area contributed by atoms with Gasteiger partial charge in [0.05, 0.1) is 34.4 Å². The molecule has 27 heavy (non-hydrogen) atoms. The first-order chi connectivity index (χ1) is 12.9. The molecule has 2 rings (SSSR count). The Bertz CT molecular complexity index is 760. The maximum atomic E-state index is 6.15. The molecule has 0 heterocycles. The number of amidine groups is 2. The van der Waals surface area contributed by atoms with Crippen molar-refractivity contribution < 1.29 is 20.3 Å². The van der Waals surface area contributed by atoms with Gasteiger partial charge in [-0.3, -0.25) is 22.3 Å². The van der Waals surface area contributed by atoms with Crippen LogP contribution in [0.25, 0.3) is 0 Å². The summed E-state index contributed by atoms with van der Waals surface area (Å²) >= 11 is 12.3. The normalized spacial score (nSPS) is 10.4. The number of unbranched alkanes of at least 4 members (excludes halogenated alkanes) is 2. The Morgan fingerprint density at radius 3 is 1.48 bits per heavy atom. The zero-order valence-corrected chi connectivity index (χ0v) is 16.4. The fraction of sp³-hybridized carbons (Fsp3) is 0.263. The fourth-order valence-corrected chi connectivity index (χ4v) is 2.81. The largest absolute Gasteiger partial charge is 0.492 e. The molecule has 6 nitrogen and oxygen atoms in total. The van der Waals surface area contributed by atoms with Crippen LogP contribution in [0.1, 0.15) is 30.4 Å². The van der Waals surface area contributed by atoms with Crippen LogP contribution < -0.4 is 31.8 Å². The summed E-state index contributed by atoms with van der Waals surface area (Å²) in [5.74, 6) is 1.67. The zero-order chi connectivity index (χ0) is 19.8. The number of halogens is 2. The van der Waals surface area contributed by atoms with Crippen LogP contribution in [-0.4, -0.2) is 24.9 Å². The second-order valence-electron chi connectivity index (χ2n) is 5.96. The van der Waals surface area contributed by atoms with Gasteiger partial charge in [0.2, 0.25) is 0 Å². The minimum Gasteiger partial charge on any atom is -0.492 e. The average Bonchev–Trinajstić information content (AvgIpc) is 2.62. The third-order valence-electron chi connectivity index (χ3n) is 3.83. The lowest BCUT2D eigenvalue weighted by atomic mass is 10.2. The summed E-state index contributed by atoms with van der Waals surface area (Å²) in [5, 5.41) is 12.0. The molecule has 0 radical (unpaired) electrons. The van der Waals surface area contributed by atoms with Gasteiger partial charge >= 0.3 is 0 Å². The maximum Gasteiger partial charge on any atom is 0.270 e. The Morgan fingerprint density at radius 2 is 1.15 bits per heavy atom. The van der Waals surface area contributed by atoms with Gasteiger partial charge in [-0.25, -0.2) is 0 Å². The highest BCUT2D eigenvalue weighted by molar-refractivity contribution is 6.32. The lowest BCUT2D eigenvalue weighted by Crippen LogP contribution is -2.46. The summed E-state index contributed by atoms with van der Waals surface area (Å²) in [6.45, 7) is 1.11. The summed E-state index contributed by atoms with van der Waals surface area (Å²) in [7, 11) is 0. The van der Waals surface area contributed by atoms with Gasteiger partial charge in [0, 0.05) is 0 Å². The first-order valence-electron chi connectivity index (χ1n) is 8.49. The van der Waals surface area contributed by atoms with Gasteiger partial charge in [0.25, 0.3) is 11.7 Å². The van der Waals surface area contributed by atoms with E-state index in [1.54, 1.807) is 36.4 Å². The SMILES string of the molecule is NC(=[NH2+])c1ccc(OCCCCCOc2ccc(C(N)=[NH2+])cc2Cl)c(Cl)c1. The van der Waals surface area contributed by atoms with Gasteiger partial charge in [-0.1, -0.05) is 23.2 Å².